The van der Waals surface area contributed by atoms with Crippen molar-refractivity contribution in [3.8, 4) is 0 Å². The first-order valence-corrected chi connectivity index (χ1v) is 10.7. The number of rotatable bonds is 12. The molecule has 2 N–H and O–H groups in total. The smallest absolute Gasteiger partial charge is 0.303 e. The fourth-order valence-corrected chi connectivity index (χ4v) is 4.06. The van der Waals surface area contributed by atoms with Crippen molar-refractivity contribution in [2.24, 2.45) is 5.92 Å². The number of Topliss-reactive ketones (excluding diaryl/α,β-unsaturated/α-hetero) is 1. The predicted molar refractivity (Wildman–Crippen MR) is 111 cm³/mol. The minimum atomic E-state index is -0.756. The summed E-state index contributed by atoms with van der Waals surface area (Å²) in [7, 11) is 0. The van der Waals surface area contributed by atoms with E-state index in [0.717, 1.165) is 56.1 Å². The van der Waals surface area contributed by atoms with E-state index in [0.29, 0.717) is 24.5 Å². The van der Waals surface area contributed by atoms with Gasteiger partial charge in [-0.25, -0.2) is 0 Å². The molecular formula is C24H34O4. The lowest BCUT2D eigenvalue weighted by Gasteiger charge is -2.18. The van der Waals surface area contributed by atoms with Gasteiger partial charge in [0.25, 0.3) is 0 Å². The van der Waals surface area contributed by atoms with Crippen molar-refractivity contribution in [3.05, 3.63) is 47.5 Å². The monoisotopic (exact) mass is 386 g/mol. The fraction of sp³-hybridized carbons (Fsp3) is 0.583. The van der Waals surface area contributed by atoms with E-state index in [1.54, 1.807) is 0 Å². The van der Waals surface area contributed by atoms with Gasteiger partial charge in [0.2, 0.25) is 0 Å². The molecular weight excluding hydrogens is 352 g/mol. The maximum absolute atomic E-state index is 12.4. The SMILES string of the molecule is CCCCCC(O)c1ccc(C2C(=O)CC[C@@H]2C/C=C\CCCC(=O)O)cc1. The van der Waals surface area contributed by atoms with Gasteiger partial charge in [-0.15, -0.1) is 0 Å². The van der Waals surface area contributed by atoms with Gasteiger partial charge in [0, 0.05) is 18.8 Å². The number of carboxylic acid groups (broad SMARTS) is 1. The molecule has 4 nitrogen and oxygen atoms in total. The topological polar surface area (TPSA) is 74.6 Å². The van der Waals surface area contributed by atoms with E-state index in [9.17, 15) is 14.7 Å². The van der Waals surface area contributed by atoms with Crippen LogP contribution in [0, 0.1) is 5.92 Å². The first-order valence-electron chi connectivity index (χ1n) is 10.7. The van der Waals surface area contributed by atoms with Gasteiger partial charge in [-0.3, -0.25) is 9.59 Å². The van der Waals surface area contributed by atoms with Crippen LogP contribution in [0.1, 0.15) is 94.3 Å². The van der Waals surface area contributed by atoms with Crippen molar-refractivity contribution in [1.29, 1.82) is 0 Å². The van der Waals surface area contributed by atoms with Crippen molar-refractivity contribution >= 4 is 11.8 Å². The van der Waals surface area contributed by atoms with Crippen molar-refractivity contribution in [2.45, 2.75) is 83.2 Å². The summed E-state index contributed by atoms with van der Waals surface area (Å²) < 4.78 is 0. The van der Waals surface area contributed by atoms with Gasteiger partial charge in [-0.1, -0.05) is 62.6 Å². The van der Waals surface area contributed by atoms with E-state index in [-0.39, 0.29) is 12.3 Å². The summed E-state index contributed by atoms with van der Waals surface area (Å²) in [6.45, 7) is 2.15. The van der Waals surface area contributed by atoms with Crippen LogP contribution in [0.15, 0.2) is 36.4 Å². The zero-order valence-electron chi connectivity index (χ0n) is 17.0. The van der Waals surface area contributed by atoms with E-state index in [2.05, 4.69) is 13.0 Å². The molecule has 1 fully saturated rings. The number of ketones is 1. The van der Waals surface area contributed by atoms with E-state index in [4.69, 9.17) is 5.11 Å². The summed E-state index contributed by atoms with van der Waals surface area (Å²) in [6, 6.07) is 7.96. The molecule has 4 heteroatoms. The molecule has 3 atom stereocenters. The Morgan fingerprint density at radius 2 is 1.93 bits per heavy atom. The Balaban J connectivity index is 1.91. The number of hydrogen-bond acceptors (Lipinski definition) is 3. The van der Waals surface area contributed by atoms with Gasteiger partial charge >= 0.3 is 5.97 Å². The number of aliphatic hydroxyl groups excluding tert-OH is 1. The van der Waals surface area contributed by atoms with Crippen LogP contribution in [0.5, 0.6) is 0 Å². The number of carbonyl (C=O) groups excluding carboxylic acids is 1. The molecule has 28 heavy (non-hydrogen) atoms. The standard InChI is InChI=1S/C24H34O4/c1-2-3-6-10-21(25)18-12-14-20(15-13-18)24-19(16-17-22(24)26)9-7-4-5-8-11-23(27)28/h4,7,12-15,19,21,24-25H,2-3,5-6,8-11,16-17H2,1H3,(H,27,28)/b7-4-/t19-,21?,24?/m0/s1. The minimum absolute atomic E-state index is 0.0602. The summed E-state index contributed by atoms with van der Waals surface area (Å²) in [5, 5.41) is 19.0. The minimum Gasteiger partial charge on any atom is -0.481 e. The number of hydrogen-bond donors (Lipinski definition) is 2. The number of aliphatic carboxylic acids is 1. The van der Waals surface area contributed by atoms with Crippen molar-refractivity contribution in [2.75, 3.05) is 0 Å². The average Bonchev–Trinajstić information content (AvgIpc) is 3.05. The summed E-state index contributed by atoms with van der Waals surface area (Å²) in [6.07, 6.45) is 11.8. The number of benzene rings is 1. The molecule has 0 saturated heterocycles. The van der Waals surface area contributed by atoms with Gasteiger partial charge in [0.1, 0.15) is 5.78 Å². The second-order valence-electron chi connectivity index (χ2n) is 7.91. The maximum Gasteiger partial charge on any atom is 0.303 e. The van der Waals surface area contributed by atoms with Crippen molar-refractivity contribution in [1.82, 2.24) is 0 Å². The highest BCUT2D eigenvalue weighted by Gasteiger charge is 2.34. The Morgan fingerprint density at radius 3 is 2.61 bits per heavy atom. The van der Waals surface area contributed by atoms with Gasteiger partial charge in [-0.2, -0.15) is 0 Å². The van der Waals surface area contributed by atoms with Crippen LogP contribution in [-0.2, 0) is 9.59 Å². The summed E-state index contributed by atoms with van der Waals surface area (Å²) >= 11 is 0. The van der Waals surface area contributed by atoms with Crippen molar-refractivity contribution in [3.63, 3.8) is 0 Å². The molecule has 0 amide bonds. The first-order chi connectivity index (χ1) is 13.5. The second kappa shape index (κ2) is 11.8. The Bertz CT molecular complexity index is 647. The Kier molecular flexibility index (Phi) is 9.42. The first kappa shape index (κ1) is 22.4. The van der Waals surface area contributed by atoms with E-state index >= 15 is 0 Å². The molecule has 0 aromatic heterocycles. The third kappa shape index (κ3) is 6.90. The van der Waals surface area contributed by atoms with Crippen LogP contribution in [-0.4, -0.2) is 22.0 Å². The molecule has 0 radical (unpaired) electrons. The molecule has 154 valence electrons. The van der Waals surface area contributed by atoms with Gasteiger partial charge < -0.3 is 10.2 Å². The highest BCUT2D eigenvalue weighted by molar-refractivity contribution is 5.88. The number of aliphatic hydroxyl groups is 1. The lowest BCUT2D eigenvalue weighted by Crippen LogP contribution is -2.12. The van der Waals surface area contributed by atoms with E-state index in [1.165, 1.54) is 0 Å². The Labute approximate surface area is 168 Å². The lowest BCUT2D eigenvalue weighted by atomic mass is 9.85. The van der Waals surface area contributed by atoms with E-state index < -0.39 is 12.1 Å². The average molecular weight is 387 g/mol. The molecule has 0 aliphatic heterocycles. The Morgan fingerprint density at radius 1 is 1.18 bits per heavy atom. The van der Waals surface area contributed by atoms with Crippen LogP contribution in [0.2, 0.25) is 0 Å². The number of carboxylic acids is 1. The van der Waals surface area contributed by atoms with Crippen LogP contribution < -0.4 is 0 Å². The normalized spacial score (nSPS) is 20.7. The highest BCUT2D eigenvalue weighted by Crippen LogP contribution is 2.39. The maximum atomic E-state index is 12.4. The molecule has 0 spiro atoms. The third-order valence-electron chi connectivity index (χ3n) is 5.71. The summed E-state index contributed by atoms with van der Waals surface area (Å²) in [4.78, 5) is 23.0. The van der Waals surface area contributed by atoms with Crippen molar-refractivity contribution < 1.29 is 19.8 Å². The molecule has 2 unspecified atom stereocenters. The third-order valence-corrected chi connectivity index (χ3v) is 5.71. The molecule has 0 heterocycles. The van der Waals surface area contributed by atoms with E-state index in [1.807, 2.05) is 30.3 Å². The molecule has 1 aromatic rings. The zero-order chi connectivity index (χ0) is 20.4. The van der Waals surface area contributed by atoms with Crippen LogP contribution in [0.3, 0.4) is 0 Å². The van der Waals surface area contributed by atoms with Crippen LogP contribution in [0.4, 0.5) is 0 Å². The van der Waals surface area contributed by atoms with Gasteiger partial charge in [-0.05, 0) is 49.1 Å². The number of unbranched alkanes of at least 4 members (excludes halogenated alkanes) is 3. The quantitative estimate of drug-likeness (QED) is 0.364. The highest BCUT2D eigenvalue weighted by atomic mass is 16.4. The molecule has 1 aliphatic carbocycles. The Hall–Kier alpha value is -1.94. The molecule has 1 saturated carbocycles. The van der Waals surface area contributed by atoms with Gasteiger partial charge in [0.05, 0.1) is 6.10 Å². The number of allylic oxidation sites excluding steroid dienone is 2. The molecule has 1 aliphatic rings. The van der Waals surface area contributed by atoms with Crippen LogP contribution in [0.25, 0.3) is 0 Å². The predicted octanol–water partition coefficient (Wildman–Crippen LogP) is 5.56. The lowest BCUT2D eigenvalue weighted by molar-refractivity contribution is -0.137. The zero-order valence-corrected chi connectivity index (χ0v) is 17.0. The number of carbonyl (C=O) groups is 2. The molecule has 2 rings (SSSR count). The van der Waals surface area contributed by atoms with Crippen LogP contribution >= 0.6 is 0 Å². The largest absolute Gasteiger partial charge is 0.481 e. The van der Waals surface area contributed by atoms with Gasteiger partial charge in [0.15, 0.2) is 0 Å². The molecule has 0 bridgehead atoms. The summed E-state index contributed by atoms with van der Waals surface area (Å²) in [5.74, 6) is -0.201. The molecule has 1 aromatic carbocycles. The second-order valence-corrected chi connectivity index (χ2v) is 7.91. The fourth-order valence-electron chi connectivity index (χ4n) is 4.06. The summed E-state index contributed by atoms with van der Waals surface area (Å²) in [5.41, 5.74) is 1.98.